The molecule has 2 aromatic rings. The predicted molar refractivity (Wildman–Crippen MR) is 87.1 cm³/mol. The van der Waals surface area contributed by atoms with Gasteiger partial charge in [-0.2, -0.15) is 5.10 Å². The van der Waals surface area contributed by atoms with E-state index in [0.717, 1.165) is 12.3 Å². The van der Waals surface area contributed by atoms with Gasteiger partial charge >= 0.3 is 0 Å². The Labute approximate surface area is 132 Å². The van der Waals surface area contributed by atoms with E-state index in [1.165, 1.54) is 11.1 Å². The first kappa shape index (κ1) is 16.5. The second-order valence-electron chi connectivity index (χ2n) is 5.82. The number of nitrogens with zero attached hydrogens (tertiary/aromatic N) is 3. The van der Waals surface area contributed by atoms with E-state index in [1.807, 2.05) is 31.4 Å². The lowest BCUT2D eigenvalue weighted by molar-refractivity contribution is 0.0995. The van der Waals surface area contributed by atoms with Gasteiger partial charge in [-0.25, -0.2) is 0 Å². The van der Waals surface area contributed by atoms with Crippen LogP contribution in [0.4, 0.5) is 0 Å². The van der Waals surface area contributed by atoms with E-state index in [4.69, 9.17) is 4.74 Å². The number of benzene rings is 1. The average Bonchev–Trinajstić information content (AvgIpc) is 2.90. The van der Waals surface area contributed by atoms with Crippen LogP contribution >= 0.6 is 0 Å². The van der Waals surface area contributed by atoms with E-state index in [0.29, 0.717) is 19.7 Å². The summed E-state index contributed by atoms with van der Waals surface area (Å²) >= 11 is 0. The minimum atomic E-state index is -0.439. The van der Waals surface area contributed by atoms with Crippen LogP contribution in [0.5, 0.6) is 5.75 Å². The van der Waals surface area contributed by atoms with Gasteiger partial charge in [0.2, 0.25) is 0 Å². The highest BCUT2D eigenvalue weighted by Crippen LogP contribution is 2.16. The van der Waals surface area contributed by atoms with Gasteiger partial charge in [0.05, 0.1) is 12.6 Å². The van der Waals surface area contributed by atoms with Gasteiger partial charge in [0, 0.05) is 25.5 Å². The predicted octanol–water partition coefficient (Wildman–Crippen LogP) is 1.87. The molecule has 0 unspecified atom stereocenters. The van der Waals surface area contributed by atoms with E-state index in [2.05, 4.69) is 29.9 Å². The van der Waals surface area contributed by atoms with Crippen molar-refractivity contribution < 1.29 is 9.84 Å². The van der Waals surface area contributed by atoms with E-state index in [-0.39, 0.29) is 0 Å². The first-order chi connectivity index (χ1) is 10.5. The molecule has 1 heterocycles. The Morgan fingerprint density at radius 2 is 2.00 bits per heavy atom. The Bertz CT molecular complexity index is 549. The van der Waals surface area contributed by atoms with Crippen LogP contribution in [0.2, 0.25) is 0 Å². The maximum atomic E-state index is 10.0. The molecule has 1 aromatic carbocycles. The molecule has 0 radical (unpaired) electrons. The first-order valence-electron chi connectivity index (χ1n) is 7.58. The lowest BCUT2D eigenvalue weighted by Crippen LogP contribution is -2.34. The van der Waals surface area contributed by atoms with Gasteiger partial charge in [-0.3, -0.25) is 4.68 Å². The normalized spacial score (nSPS) is 12.6. The lowest BCUT2D eigenvalue weighted by Gasteiger charge is -2.20. The standard InChI is InChI=1S/C17H25N3O2/c1-14-9-15(2)11-17(10-14)22-8-7-19(3)12-16(21)13-20-6-4-5-18-20/h4-6,9-11,16,21H,7-8,12-13H2,1-3H3/t16-/m1/s1. The van der Waals surface area contributed by atoms with Gasteiger partial charge in [-0.05, 0) is 50.2 Å². The summed E-state index contributed by atoms with van der Waals surface area (Å²) in [6.07, 6.45) is 3.13. The minimum absolute atomic E-state index is 0.439. The van der Waals surface area contributed by atoms with Crippen LogP contribution in [-0.4, -0.2) is 52.6 Å². The van der Waals surface area contributed by atoms with Crippen LogP contribution in [0.25, 0.3) is 0 Å². The van der Waals surface area contributed by atoms with E-state index in [9.17, 15) is 5.11 Å². The Morgan fingerprint density at radius 1 is 1.27 bits per heavy atom. The van der Waals surface area contributed by atoms with Crippen LogP contribution in [0.1, 0.15) is 11.1 Å². The van der Waals surface area contributed by atoms with Crippen molar-refractivity contribution in [3.8, 4) is 5.75 Å². The highest BCUT2D eigenvalue weighted by molar-refractivity contribution is 5.32. The van der Waals surface area contributed by atoms with E-state index < -0.39 is 6.10 Å². The zero-order valence-corrected chi connectivity index (χ0v) is 13.6. The van der Waals surface area contributed by atoms with E-state index in [1.54, 1.807) is 10.9 Å². The molecule has 1 atom stereocenters. The number of hydrogen-bond acceptors (Lipinski definition) is 4. The maximum absolute atomic E-state index is 10.0. The summed E-state index contributed by atoms with van der Waals surface area (Å²) in [4.78, 5) is 2.07. The van der Waals surface area contributed by atoms with Crippen molar-refractivity contribution in [2.45, 2.75) is 26.5 Å². The van der Waals surface area contributed by atoms with Crippen LogP contribution in [0, 0.1) is 13.8 Å². The lowest BCUT2D eigenvalue weighted by atomic mass is 10.1. The molecular weight excluding hydrogens is 278 g/mol. The molecule has 0 aliphatic rings. The first-order valence-corrected chi connectivity index (χ1v) is 7.58. The molecule has 0 saturated heterocycles. The molecule has 120 valence electrons. The third-order valence-electron chi connectivity index (χ3n) is 3.42. The fourth-order valence-corrected chi connectivity index (χ4v) is 2.47. The average molecular weight is 303 g/mol. The number of aliphatic hydroxyl groups is 1. The molecule has 0 spiro atoms. The van der Waals surface area contributed by atoms with Gasteiger partial charge < -0.3 is 14.7 Å². The summed E-state index contributed by atoms with van der Waals surface area (Å²) in [5.74, 6) is 0.906. The summed E-state index contributed by atoms with van der Waals surface area (Å²) in [6, 6.07) is 8.07. The molecular formula is C17H25N3O2. The monoisotopic (exact) mass is 303 g/mol. The molecule has 0 amide bonds. The molecule has 0 aliphatic carbocycles. The summed E-state index contributed by atoms with van der Waals surface area (Å²) in [5, 5.41) is 14.1. The highest BCUT2D eigenvalue weighted by Gasteiger charge is 2.09. The molecule has 0 fully saturated rings. The third kappa shape index (κ3) is 5.50. The molecule has 0 aliphatic heterocycles. The summed E-state index contributed by atoms with van der Waals surface area (Å²) in [6.45, 7) is 6.61. The van der Waals surface area contributed by atoms with Crippen molar-refractivity contribution in [1.29, 1.82) is 0 Å². The number of aliphatic hydroxyl groups excluding tert-OH is 1. The summed E-state index contributed by atoms with van der Waals surface area (Å²) in [5.41, 5.74) is 2.41. The highest BCUT2D eigenvalue weighted by atomic mass is 16.5. The minimum Gasteiger partial charge on any atom is -0.492 e. The topological polar surface area (TPSA) is 50.5 Å². The van der Waals surface area contributed by atoms with Crippen LogP contribution in [0.15, 0.2) is 36.7 Å². The molecule has 1 N–H and O–H groups in total. The molecule has 0 saturated carbocycles. The van der Waals surface area contributed by atoms with Gasteiger partial charge in [0.15, 0.2) is 0 Å². The molecule has 1 aromatic heterocycles. The number of aromatic nitrogens is 2. The summed E-state index contributed by atoms with van der Waals surface area (Å²) < 4.78 is 7.53. The maximum Gasteiger partial charge on any atom is 0.119 e. The Kier molecular flexibility index (Phi) is 5.98. The number of aryl methyl sites for hydroxylation is 2. The second kappa shape index (κ2) is 7.96. The van der Waals surface area contributed by atoms with Gasteiger partial charge in [0.25, 0.3) is 0 Å². The third-order valence-corrected chi connectivity index (χ3v) is 3.42. The summed E-state index contributed by atoms with van der Waals surface area (Å²) in [7, 11) is 1.98. The molecule has 0 bridgehead atoms. The van der Waals surface area contributed by atoms with Crippen molar-refractivity contribution in [2.24, 2.45) is 0 Å². The smallest absolute Gasteiger partial charge is 0.119 e. The van der Waals surface area contributed by atoms with Crippen LogP contribution < -0.4 is 4.74 Å². The quantitative estimate of drug-likeness (QED) is 0.809. The second-order valence-corrected chi connectivity index (χ2v) is 5.82. The van der Waals surface area contributed by atoms with Crippen molar-refractivity contribution in [3.05, 3.63) is 47.8 Å². The largest absolute Gasteiger partial charge is 0.492 e. The van der Waals surface area contributed by atoms with Crippen LogP contribution in [0.3, 0.4) is 0 Å². The molecule has 2 rings (SSSR count). The van der Waals surface area contributed by atoms with Crippen molar-refractivity contribution in [1.82, 2.24) is 14.7 Å². The number of likely N-dealkylation sites (N-methyl/N-ethyl adjacent to an activating group) is 1. The number of ether oxygens (including phenoxy) is 1. The zero-order valence-electron chi connectivity index (χ0n) is 13.6. The number of rotatable bonds is 8. The van der Waals surface area contributed by atoms with Gasteiger partial charge in [-0.1, -0.05) is 6.07 Å². The fourth-order valence-electron chi connectivity index (χ4n) is 2.47. The Hall–Kier alpha value is -1.85. The molecule has 5 nitrogen and oxygen atoms in total. The van der Waals surface area contributed by atoms with E-state index >= 15 is 0 Å². The van der Waals surface area contributed by atoms with Gasteiger partial charge in [-0.15, -0.1) is 0 Å². The van der Waals surface area contributed by atoms with Crippen molar-refractivity contribution in [2.75, 3.05) is 26.7 Å². The van der Waals surface area contributed by atoms with Crippen molar-refractivity contribution in [3.63, 3.8) is 0 Å². The van der Waals surface area contributed by atoms with Crippen molar-refractivity contribution >= 4 is 0 Å². The van der Waals surface area contributed by atoms with Crippen LogP contribution in [-0.2, 0) is 6.54 Å². The number of hydrogen-bond donors (Lipinski definition) is 1. The fraction of sp³-hybridized carbons (Fsp3) is 0.471. The zero-order chi connectivity index (χ0) is 15.9. The molecule has 5 heteroatoms. The Balaban J connectivity index is 1.69. The Morgan fingerprint density at radius 3 is 2.64 bits per heavy atom. The molecule has 22 heavy (non-hydrogen) atoms. The SMILES string of the molecule is Cc1cc(C)cc(OCCN(C)C[C@@H](O)Cn2cccn2)c1. The van der Waals surface area contributed by atoms with Gasteiger partial charge in [0.1, 0.15) is 12.4 Å².